The van der Waals surface area contributed by atoms with Crippen molar-refractivity contribution in [1.29, 1.82) is 0 Å². The van der Waals surface area contributed by atoms with Gasteiger partial charge in [0.2, 0.25) is 23.2 Å². The Morgan fingerprint density at radius 1 is 0.917 bits per heavy atom. The maximum absolute atomic E-state index is 12.2. The molecule has 1 heterocycles. The number of nitrogen functional groups attached to an aromatic ring is 1. The zero-order valence-electron chi connectivity index (χ0n) is 18.4. The second-order valence-electron chi connectivity index (χ2n) is 7.79. The molecule has 0 aliphatic carbocycles. The summed E-state index contributed by atoms with van der Waals surface area (Å²) in [6.45, 7) is -0.0298. The number of phenolic OH excluding ortho intramolecular Hbond substituents is 5. The van der Waals surface area contributed by atoms with Crippen LogP contribution in [-0.2, 0) is 23.4 Å². The van der Waals surface area contributed by atoms with Gasteiger partial charge in [-0.2, -0.15) is 0 Å². The van der Waals surface area contributed by atoms with Gasteiger partial charge in [0, 0.05) is 24.0 Å². The van der Waals surface area contributed by atoms with Gasteiger partial charge in [0.25, 0.3) is 11.7 Å². The summed E-state index contributed by atoms with van der Waals surface area (Å²) in [6, 6.07) is 6.11. The van der Waals surface area contributed by atoms with Crippen LogP contribution in [0.4, 0.5) is 10.8 Å². The van der Waals surface area contributed by atoms with Crippen LogP contribution in [0.25, 0.3) is 0 Å². The van der Waals surface area contributed by atoms with E-state index < -0.39 is 58.3 Å². The fourth-order valence-corrected chi connectivity index (χ4v) is 3.76. The summed E-state index contributed by atoms with van der Waals surface area (Å²) in [5, 5.41) is 94.7. The Morgan fingerprint density at radius 2 is 1.47 bits per heavy atom. The number of anilines is 2. The topological polar surface area (TPSA) is 262 Å². The number of aromatic nitrogens is 1. The van der Waals surface area contributed by atoms with Crippen LogP contribution < -0.4 is 16.4 Å². The van der Waals surface area contributed by atoms with Gasteiger partial charge >= 0.3 is 0 Å². The number of amides is 1. The molecule has 3 rings (SSSR count). The Hall–Kier alpha value is -3.86. The molecule has 0 atom stereocenters. The van der Waals surface area contributed by atoms with Crippen LogP contribution in [0.15, 0.2) is 29.6 Å². The first kappa shape index (κ1) is 26.7. The van der Waals surface area contributed by atoms with Crippen LogP contribution in [0, 0.1) is 0 Å². The summed E-state index contributed by atoms with van der Waals surface area (Å²) in [5.74, 6) is -12.3. The van der Waals surface area contributed by atoms with Crippen LogP contribution in [0.1, 0.15) is 16.8 Å². The lowest BCUT2D eigenvalue weighted by Gasteiger charge is -2.24. The van der Waals surface area contributed by atoms with Crippen LogP contribution in [0.2, 0.25) is 0 Å². The molecule has 0 bridgehead atoms. The SMILES string of the molecule is Nc1nc(C(O)(O)C(=O)Nc2ccc(CCNC(O)(O)Cc3c(O)c(O)c(O)c(O)c3O)cc2)cs1. The van der Waals surface area contributed by atoms with Crippen molar-refractivity contribution in [1.82, 2.24) is 10.3 Å². The van der Waals surface area contributed by atoms with Crippen LogP contribution in [-0.4, -0.2) is 69.3 Å². The molecule has 2 aromatic carbocycles. The van der Waals surface area contributed by atoms with Gasteiger partial charge in [-0.15, -0.1) is 11.3 Å². The molecular weight excluding hydrogens is 500 g/mol. The highest BCUT2D eigenvalue weighted by molar-refractivity contribution is 7.13. The maximum Gasteiger partial charge on any atom is 0.291 e. The van der Waals surface area contributed by atoms with E-state index in [1.54, 1.807) is 12.1 Å². The van der Waals surface area contributed by atoms with Gasteiger partial charge in [0.05, 0.1) is 5.56 Å². The number of hydrogen-bond donors (Lipinski definition) is 12. The molecule has 194 valence electrons. The van der Waals surface area contributed by atoms with Crippen LogP contribution >= 0.6 is 11.3 Å². The molecule has 13 N–H and O–H groups in total. The van der Waals surface area contributed by atoms with Gasteiger partial charge in [-0.1, -0.05) is 12.1 Å². The number of aromatic hydroxyl groups is 5. The highest BCUT2D eigenvalue weighted by Gasteiger charge is 2.38. The Morgan fingerprint density at radius 3 is 2.00 bits per heavy atom. The van der Waals surface area contributed by atoms with E-state index in [-0.39, 0.29) is 29.5 Å². The molecule has 0 aliphatic rings. The zero-order chi connectivity index (χ0) is 26.8. The molecule has 0 saturated heterocycles. The lowest BCUT2D eigenvalue weighted by Crippen LogP contribution is -2.47. The van der Waals surface area contributed by atoms with E-state index in [1.165, 1.54) is 17.5 Å². The summed E-state index contributed by atoms with van der Waals surface area (Å²) in [5.41, 5.74) is 5.42. The van der Waals surface area contributed by atoms with Crippen molar-refractivity contribution < 1.29 is 50.8 Å². The van der Waals surface area contributed by atoms with Crippen molar-refractivity contribution in [2.24, 2.45) is 0 Å². The Balaban J connectivity index is 1.57. The molecule has 15 heteroatoms. The first-order valence-electron chi connectivity index (χ1n) is 10.2. The lowest BCUT2D eigenvalue weighted by molar-refractivity contribution is -0.185. The third-order valence-electron chi connectivity index (χ3n) is 5.12. The van der Waals surface area contributed by atoms with Gasteiger partial charge < -0.3 is 57.0 Å². The Labute approximate surface area is 206 Å². The molecule has 0 spiro atoms. The minimum atomic E-state index is -2.89. The molecule has 1 amide bonds. The average molecular weight is 525 g/mol. The number of rotatable bonds is 9. The second-order valence-corrected chi connectivity index (χ2v) is 8.68. The predicted molar refractivity (Wildman–Crippen MR) is 125 cm³/mol. The molecule has 0 aliphatic heterocycles. The van der Waals surface area contributed by atoms with Gasteiger partial charge in [-0.25, -0.2) is 4.98 Å². The van der Waals surface area contributed by atoms with Gasteiger partial charge in [0.15, 0.2) is 16.6 Å². The van der Waals surface area contributed by atoms with Crippen molar-refractivity contribution in [3.8, 4) is 28.7 Å². The molecule has 3 aromatic rings. The number of thiazole rings is 1. The molecule has 0 fully saturated rings. The van der Waals surface area contributed by atoms with Crippen molar-refractivity contribution in [3.05, 3.63) is 46.5 Å². The number of phenols is 5. The van der Waals surface area contributed by atoms with E-state index in [4.69, 9.17) is 5.73 Å². The highest BCUT2D eigenvalue weighted by atomic mass is 32.1. The third kappa shape index (κ3) is 5.68. The summed E-state index contributed by atoms with van der Waals surface area (Å²) in [7, 11) is 0. The van der Waals surface area contributed by atoms with E-state index >= 15 is 0 Å². The lowest BCUT2D eigenvalue weighted by atomic mass is 10.0. The Kier molecular flexibility index (Phi) is 7.44. The normalized spacial score (nSPS) is 12.0. The monoisotopic (exact) mass is 524 g/mol. The smallest absolute Gasteiger partial charge is 0.291 e. The first-order valence-corrected chi connectivity index (χ1v) is 11.0. The van der Waals surface area contributed by atoms with Gasteiger partial charge in [-0.3, -0.25) is 10.1 Å². The fraction of sp³-hybridized carbons (Fsp3) is 0.238. The summed E-state index contributed by atoms with van der Waals surface area (Å²) >= 11 is 0.938. The van der Waals surface area contributed by atoms with Gasteiger partial charge in [-0.05, 0) is 24.1 Å². The Bertz CT molecular complexity index is 1230. The van der Waals surface area contributed by atoms with Crippen molar-refractivity contribution in [3.63, 3.8) is 0 Å². The van der Waals surface area contributed by atoms with Crippen molar-refractivity contribution >= 4 is 28.1 Å². The molecule has 1 aromatic heterocycles. The molecule has 36 heavy (non-hydrogen) atoms. The molecule has 0 radical (unpaired) electrons. The number of aliphatic hydroxyl groups is 4. The minimum absolute atomic E-state index is 0.0298. The maximum atomic E-state index is 12.2. The summed E-state index contributed by atoms with van der Waals surface area (Å²) < 4.78 is 0. The largest absolute Gasteiger partial charge is 0.504 e. The van der Waals surface area contributed by atoms with E-state index in [9.17, 15) is 50.8 Å². The average Bonchev–Trinajstić information content (AvgIpc) is 3.27. The molecule has 0 saturated carbocycles. The third-order valence-corrected chi connectivity index (χ3v) is 5.80. The van der Waals surface area contributed by atoms with Crippen LogP contribution in [0.3, 0.4) is 0 Å². The fourth-order valence-electron chi connectivity index (χ4n) is 3.15. The number of carbonyl (C=O) groups is 1. The first-order chi connectivity index (χ1) is 16.7. The molecule has 0 unspecified atom stereocenters. The quantitative estimate of drug-likeness (QED) is 0.0915. The van der Waals surface area contributed by atoms with E-state index in [0.29, 0.717) is 5.56 Å². The molecule has 14 nitrogen and oxygen atoms in total. The van der Waals surface area contributed by atoms with Gasteiger partial charge in [0.1, 0.15) is 5.69 Å². The minimum Gasteiger partial charge on any atom is -0.504 e. The number of nitrogens with one attached hydrogen (secondary N) is 2. The number of nitrogens with zero attached hydrogens (tertiary/aromatic N) is 1. The van der Waals surface area contributed by atoms with E-state index in [2.05, 4.69) is 15.6 Å². The highest BCUT2D eigenvalue weighted by Crippen LogP contribution is 2.51. The predicted octanol–water partition coefficient (Wildman–Crippen LogP) is -0.957. The number of hydrogen-bond acceptors (Lipinski definition) is 14. The van der Waals surface area contributed by atoms with Crippen molar-refractivity contribution in [2.45, 2.75) is 24.5 Å². The van der Waals surface area contributed by atoms with E-state index in [1.807, 2.05) is 0 Å². The second kappa shape index (κ2) is 10.0. The zero-order valence-corrected chi connectivity index (χ0v) is 19.2. The van der Waals surface area contributed by atoms with Crippen LogP contribution in [0.5, 0.6) is 28.7 Å². The van der Waals surface area contributed by atoms with Crippen molar-refractivity contribution in [2.75, 3.05) is 17.6 Å². The number of carbonyl (C=O) groups excluding carboxylic acids is 1. The number of benzene rings is 2. The van der Waals surface area contributed by atoms with E-state index in [0.717, 1.165) is 11.3 Å². The summed E-state index contributed by atoms with van der Waals surface area (Å²) in [4.78, 5) is 15.9. The summed E-state index contributed by atoms with van der Waals surface area (Å²) in [6.07, 6.45) is -0.630. The number of nitrogens with two attached hydrogens (primary N) is 1. The standard InChI is InChI=1S/C21H24N4O10S/c22-19-25-12(8-36-19)21(34,35)18(31)24-10-3-1-9(2-4-10)5-6-23-20(32,33)7-11-13(26)15(28)17(30)16(29)14(11)27/h1-4,8,23,26-30,32-35H,5-7H2,(H2,22,25)(H,24,31). The molecular formula is C21H24N4O10S.